The minimum Gasteiger partial charge on any atom is -0.355 e. The third-order valence-electron chi connectivity index (χ3n) is 3.43. The quantitative estimate of drug-likeness (QED) is 0.837. The lowest BCUT2D eigenvalue weighted by Gasteiger charge is -2.20. The van der Waals surface area contributed by atoms with E-state index in [1.54, 1.807) is 11.3 Å². The Labute approximate surface area is 132 Å². The van der Waals surface area contributed by atoms with E-state index in [9.17, 15) is 0 Å². The molecule has 4 heteroatoms. The van der Waals surface area contributed by atoms with E-state index in [1.807, 2.05) is 0 Å². The highest BCUT2D eigenvalue weighted by atomic mass is 32.1. The van der Waals surface area contributed by atoms with Crippen LogP contribution in [0.15, 0.2) is 29.6 Å². The predicted molar refractivity (Wildman–Crippen MR) is 92.1 cm³/mol. The Hall–Kier alpha value is -1.39. The van der Waals surface area contributed by atoms with Gasteiger partial charge in [-0.3, -0.25) is 0 Å². The fourth-order valence-electron chi connectivity index (χ4n) is 2.17. The Kier molecular flexibility index (Phi) is 5.76. The molecule has 114 valence electrons. The van der Waals surface area contributed by atoms with Crippen molar-refractivity contribution >= 4 is 17.2 Å². The first-order valence-electron chi connectivity index (χ1n) is 7.55. The van der Waals surface area contributed by atoms with Gasteiger partial charge in [-0.05, 0) is 41.6 Å². The zero-order chi connectivity index (χ0) is 15.2. The number of nitrogens with one attached hydrogen (secondary N) is 1. The number of pyridine rings is 1. The first-order valence-corrected chi connectivity index (χ1v) is 8.43. The molecule has 21 heavy (non-hydrogen) atoms. The monoisotopic (exact) mass is 303 g/mol. The van der Waals surface area contributed by atoms with Gasteiger partial charge < -0.3 is 10.2 Å². The van der Waals surface area contributed by atoms with Crippen molar-refractivity contribution in [2.75, 3.05) is 18.5 Å². The van der Waals surface area contributed by atoms with Gasteiger partial charge in [-0.2, -0.15) is 0 Å². The number of rotatable bonds is 7. The van der Waals surface area contributed by atoms with Crippen molar-refractivity contribution in [1.82, 2.24) is 10.3 Å². The molecular formula is C17H25N3S. The van der Waals surface area contributed by atoms with Gasteiger partial charge in [-0.25, -0.2) is 4.98 Å². The molecule has 0 aliphatic rings. The van der Waals surface area contributed by atoms with Crippen LogP contribution in [0.3, 0.4) is 0 Å². The Morgan fingerprint density at radius 2 is 2.14 bits per heavy atom. The molecule has 0 fully saturated rings. The number of hydrogen-bond donors (Lipinski definition) is 1. The fourth-order valence-corrected chi connectivity index (χ4v) is 2.93. The van der Waals surface area contributed by atoms with Crippen molar-refractivity contribution < 1.29 is 0 Å². The first-order chi connectivity index (χ1) is 10.1. The molecule has 2 heterocycles. The highest BCUT2D eigenvalue weighted by Gasteiger charge is 2.10. The van der Waals surface area contributed by atoms with Gasteiger partial charge >= 0.3 is 0 Å². The lowest BCUT2D eigenvalue weighted by atomic mass is 10.1. The molecule has 2 aromatic heterocycles. The molecule has 3 nitrogen and oxygen atoms in total. The van der Waals surface area contributed by atoms with Gasteiger partial charge in [0.15, 0.2) is 0 Å². The summed E-state index contributed by atoms with van der Waals surface area (Å²) in [6.45, 7) is 9.32. The minimum absolute atomic E-state index is 0.445. The molecule has 0 saturated heterocycles. The van der Waals surface area contributed by atoms with Gasteiger partial charge in [0.05, 0.1) is 6.54 Å². The van der Waals surface area contributed by atoms with Crippen molar-refractivity contribution in [2.24, 2.45) is 0 Å². The van der Waals surface area contributed by atoms with Gasteiger partial charge in [0.2, 0.25) is 0 Å². The Bertz CT molecular complexity index is 549. The molecule has 0 unspecified atom stereocenters. The highest BCUT2D eigenvalue weighted by molar-refractivity contribution is 7.09. The number of aromatic nitrogens is 1. The zero-order valence-electron chi connectivity index (χ0n) is 13.4. The molecule has 0 aliphatic carbocycles. The lowest BCUT2D eigenvalue weighted by molar-refractivity contribution is 0.718. The van der Waals surface area contributed by atoms with Crippen LogP contribution in [0.25, 0.3) is 0 Å². The fraction of sp³-hybridized carbons (Fsp3) is 0.471. The van der Waals surface area contributed by atoms with Gasteiger partial charge in [0.1, 0.15) is 5.82 Å². The average Bonchev–Trinajstić information content (AvgIpc) is 2.97. The second-order valence-corrected chi connectivity index (χ2v) is 6.66. The summed E-state index contributed by atoms with van der Waals surface area (Å²) in [5, 5.41) is 5.52. The molecule has 0 aliphatic heterocycles. The van der Waals surface area contributed by atoms with E-state index < -0.39 is 0 Å². The predicted octanol–water partition coefficient (Wildman–Crippen LogP) is 4.01. The van der Waals surface area contributed by atoms with E-state index in [4.69, 9.17) is 4.98 Å². The van der Waals surface area contributed by atoms with Crippen molar-refractivity contribution in [1.29, 1.82) is 0 Å². The summed E-state index contributed by atoms with van der Waals surface area (Å²) in [7, 11) is 2.11. The van der Waals surface area contributed by atoms with Crippen LogP contribution in [0.4, 0.5) is 5.82 Å². The van der Waals surface area contributed by atoms with Crippen molar-refractivity contribution in [3.05, 3.63) is 45.8 Å². The molecule has 2 rings (SSSR count). The second-order valence-electron chi connectivity index (χ2n) is 5.63. The summed E-state index contributed by atoms with van der Waals surface area (Å²) in [5.41, 5.74) is 2.47. The summed E-state index contributed by atoms with van der Waals surface area (Å²) in [5.74, 6) is 1.50. The first kappa shape index (κ1) is 16.0. The maximum atomic E-state index is 4.82. The number of hydrogen-bond acceptors (Lipinski definition) is 4. The Morgan fingerprint density at radius 3 is 2.76 bits per heavy atom. The number of thiophene rings is 1. The van der Waals surface area contributed by atoms with E-state index in [0.29, 0.717) is 5.92 Å². The summed E-state index contributed by atoms with van der Waals surface area (Å²) in [6.07, 6.45) is 0. The van der Waals surface area contributed by atoms with Crippen LogP contribution >= 0.6 is 11.3 Å². The van der Waals surface area contributed by atoms with Crippen LogP contribution in [0.5, 0.6) is 0 Å². The highest BCUT2D eigenvalue weighted by Crippen LogP contribution is 2.22. The van der Waals surface area contributed by atoms with Crippen LogP contribution in [0.1, 0.15) is 42.8 Å². The molecule has 0 amide bonds. The third-order valence-corrected chi connectivity index (χ3v) is 4.29. The van der Waals surface area contributed by atoms with Crippen molar-refractivity contribution in [3.8, 4) is 0 Å². The van der Waals surface area contributed by atoms with Gasteiger partial charge in [-0.15, -0.1) is 11.3 Å². The van der Waals surface area contributed by atoms with E-state index in [-0.39, 0.29) is 0 Å². The largest absolute Gasteiger partial charge is 0.355 e. The molecule has 0 saturated carbocycles. The summed E-state index contributed by atoms with van der Waals surface area (Å²) in [6, 6.07) is 8.69. The van der Waals surface area contributed by atoms with Crippen LogP contribution in [-0.2, 0) is 13.1 Å². The molecule has 0 spiro atoms. The Morgan fingerprint density at radius 1 is 1.33 bits per heavy atom. The van der Waals surface area contributed by atoms with Crippen molar-refractivity contribution in [2.45, 2.75) is 39.8 Å². The zero-order valence-corrected chi connectivity index (χ0v) is 14.2. The SMILES string of the molecule is CCNCc1cc(C(C)C)nc(N(C)Cc2cccs2)c1. The molecule has 0 radical (unpaired) electrons. The van der Waals surface area contributed by atoms with Crippen LogP contribution in [-0.4, -0.2) is 18.6 Å². The average molecular weight is 303 g/mol. The standard InChI is InChI=1S/C17H25N3S/c1-5-18-11-14-9-16(13(2)3)19-17(10-14)20(4)12-15-7-6-8-21-15/h6-10,13,18H,5,11-12H2,1-4H3. The molecule has 2 aromatic rings. The summed E-state index contributed by atoms with van der Waals surface area (Å²) >= 11 is 1.79. The summed E-state index contributed by atoms with van der Waals surface area (Å²) in [4.78, 5) is 8.42. The van der Waals surface area contributed by atoms with Gasteiger partial charge in [0.25, 0.3) is 0 Å². The van der Waals surface area contributed by atoms with E-state index in [0.717, 1.165) is 25.5 Å². The third kappa shape index (κ3) is 4.55. The van der Waals surface area contributed by atoms with Crippen molar-refractivity contribution in [3.63, 3.8) is 0 Å². The topological polar surface area (TPSA) is 28.2 Å². The second kappa shape index (κ2) is 7.57. The van der Waals surface area contributed by atoms with E-state index in [2.05, 4.69) is 67.7 Å². The maximum absolute atomic E-state index is 4.82. The van der Waals surface area contributed by atoms with E-state index in [1.165, 1.54) is 16.1 Å². The number of anilines is 1. The minimum atomic E-state index is 0.445. The molecule has 0 aromatic carbocycles. The molecule has 0 atom stereocenters. The lowest BCUT2D eigenvalue weighted by Crippen LogP contribution is -2.19. The summed E-state index contributed by atoms with van der Waals surface area (Å²) < 4.78 is 0. The molecule has 1 N–H and O–H groups in total. The van der Waals surface area contributed by atoms with Gasteiger partial charge in [0, 0.05) is 24.2 Å². The smallest absolute Gasteiger partial charge is 0.129 e. The Balaban J connectivity index is 2.21. The molecular weight excluding hydrogens is 278 g/mol. The van der Waals surface area contributed by atoms with Crippen LogP contribution in [0.2, 0.25) is 0 Å². The van der Waals surface area contributed by atoms with Crippen LogP contribution < -0.4 is 10.2 Å². The van der Waals surface area contributed by atoms with E-state index >= 15 is 0 Å². The van der Waals surface area contributed by atoms with Crippen LogP contribution in [0, 0.1) is 0 Å². The normalized spacial score (nSPS) is 11.1. The number of nitrogens with zero attached hydrogens (tertiary/aromatic N) is 2. The van der Waals surface area contributed by atoms with Gasteiger partial charge in [-0.1, -0.05) is 26.8 Å². The molecule has 0 bridgehead atoms. The maximum Gasteiger partial charge on any atom is 0.129 e.